The maximum atomic E-state index is 10.8. The minimum absolute atomic E-state index is 0. The number of benzene rings is 3. The van der Waals surface area contributed by atoms with Gasteiger partial charge in [0.2, 0.25) is 0 Å². The molecule has 0 fully saturated rings. The molecule has 0 heterocycles. The van der Waals surface area contributed by atoms with Crippen LogP contribution in [0.1, 0.15) is 22.9 Å². The number of rotatable bonds is 3. The molecule has 3 rings (SSSR count). The summed E-state index contributed by atoms with van der Waals surface area (Å²) in [6.45, 7) is 0. The predicted octanol–water partition coefficient (Wildman–Crippen LogP) is 1.82. The summed E-state index contributed by atoms with van der Waals surface area (Å²) in [5.41, 5.74) is 2.40. The minimum Gasteiger partial charge on any atom is -1.00 e. The number of carboxylic acid groups (broad SMARTS) is 1. The van der Waals surface area contributed by atoms with Crippen LogP contribution in [0.15, 0.2) is 66.7 Å². The summed E-state index contributed by atoms with van der Waals surface area (Å²) in [5.74, 6) is -0.903. The van der Waals surface area contributed by atoms with Crippen LogP contribution < -0.4 is 29.6 Å². The average molecular weight is 298 g/mol. The predicted molar refractivity (Wildman–Crippen MR) is 87.4 cm³/mol. The van der Waals surface area contributed by atoms with Crippen molar-refractivity contribution in [3.05, 3.63) is 83.4 Å². The van der Waals surface area contributed by atoms with Crippen LogP contribution in [-0.2, 0) is 0 Å². The molecule has 0 saturated heterocycles. The van der Waals surface area contributed by atoms with Crippen molar-refractivity contribution in [2.24, 2.45) is 0 Å². The topological polar surface area (TPSA) is 37.3 Å². The van der Waals surface area contributed by atoms with Crippen LogP contribution in [0.4, 0.5) is 0 Å². The van der Waals surface area contributed by atoms with Gasteiger partial charge >= 0.3 is 35.5 Å². The van der Waals surface area contributed by atoms with E-state index >= 15 is 0 Å². The molecule has 104 valence electrons. The van der Waals surface area contributed by atoms with Crippen LogP contribution in [0.3, 0.4) is 0 Å². The fourth-order valence-electron chi connectivity index (χ4n) is 2.24. The third-order valence-electron chi connectivity index (χ3n) is 3.40. The first kappa shape index (κ1) is 16.5. The molecule has 2 nitrogen and oxygen atoms in total. The van der Waals surface area contributed by atoms with E-state index < -0.39 is 5.97 Å². The largest absolute Gasteiger partial charge is 1.00 e. The fraction of sp³-hybridized carbons (Fsp3) is 0. The van der Waals surface area contributed by atoms with Gasteiger partial charge in [-0.25, -0.2) is 4.79 Å². The van der Waals surface area contributed by atoms with E-state index in [0.29, 0.717) is 5.56 Å². The monoisotopic (exact) mass is 298 g/mol. The molecule has 0 aliphatic rings. The summed E-state index contributed by atoms with van der Waals surface area (Å²) >= 11 is 0. The van der Waals surface area contributed by atoms with E-state index in [4.69, 9.17) is 5.11 Å². The Labute approximate surface area is 152 Å². The smallest absolute Gasteiger partial charge is 1.00 e. The molecule has 0 spiro atoms. The Kier molecular flexibility index (Phi) is 5.56. The van der Waals surface area contributed by atoms with Gasteiger partial charge < -0.3 is 6.53 Å². The van der Waals surface area contributed by atoms with E-state index in [2.05, 4.69) is 30.3 Å². The number of fused-ring (bicyclic) bond motifs is 1. The van der Waals surface area contributed by atoms with Crippen LogP contribution in [0.5, 0.6) is 0 Å². The molecular weight excluding hydrogens is 283 g/mol. The molecule has 0 aliphatic heterocycles. The van der Waals surface area contributed by atoms with E-state index in [9.17, 15) is 4.79 Å². The van der Waals surface area contributed by atoms with Crippen LogP contribution in [0.2, 0.25) is 0 Å². The second kappa shape index (κ2) is 7.41. The molecule has 0 unspecified atom stereocenters. The third-order valence-corrected chi connectivity index (χ3v) is 3.40. The standard InChI is InChI=1S/C19H14O2.Na.H/c20-19(21)17-11-7-14(8-12-17)5-6-15-9-10-16-3-1-2-4-18(16)13-15;;/h1-13H,(H,20,21);;/q;+1;-1/b6-5+;;. The van der Waals surface area contributed by atoms with Crippen molar-refractivity contribution in [2.75, 3.05) is 0 Å². The van der Waals surface area contributed by atoms with E-state index in [1.165, 1.54) is 10.8 Å². The maximum absolute atomic E-state index is 10.8. The van der Waals surface area contributed by atoms with Gasteiger partial charge in [-0.3, -0.25) is 0 Å². The van der Waals surface area contributed by atoms with Crippen molar-refractivity contribution in [1.29, 1.82) is 0 Å². The number of carbonyl (C=O) groups is 1. The number of carboxylic acids is 1. The number of hydrogen-bond donors (Lipinski definition) is 1. The van der Waals surface area contributed by atoms with Crippen LogP contribution in [0, 0.1) is 0 Å². The molecule has 3 aromatic carbocycles. The van der Waals surface area contributed by atoms with Gasteiger partial charge in [0.05, 0.1) is 5.56 Å². The normalized spacial score (nSPS) is 10.5. The molecule has 0 aromatic heterocycles. The van der Waals surface area contributed by atoms with Crippen LogP contribution >= 0.6 is 0 Å². The molecule has 1 N–H and O–H groups in total. The quantitative estimate of drug-likeness (QED) is 0.591. The fourth-order valence-corrected chi connectivity index (χ4v) is 2.24. The number of hydrogen-bond acceptors (Lipinski definition) is 1. The van der Waals surface area contributed by atoms with Crippen molar-refractivity contribution in [3.63, 3.8) is 0 Å². The molecule has 0 amide bonds. The van der Waals surface area contributed by atoms with E-state index in [1.54, 1.807) is 24.3 Å². The summed E-state index contributed by atoms with van der Waals surface area (Å²) in [4.78, 5) is 10.8. The first-order chi connectivity index (χ1) is 10.2. The Morgan fingerprint density at radius 3 is 2.09 bits per heavy atom. The molecule has 3 aromatic rings. The van der Waals surface area contributed by atoms with E-state index in [-0.39, 0.29) is 31.0 Å². The zero-order valence-corrected chi connectivity index (χ0v) is 14.4. The molecule has 22 heavy (non-hydrogen) atoms. The van der Waals surface area contributed by atoms with Crippen LogP contribution in [0.25, 0.3) is 22.9 Å². The molecule has 0 bridgehead atoms. The zero-order chi connectivity index (χ0) is 14.7. The minimum atomic E-state index is -0.903. The van der Waals surface area contributed by atoms with Gasteiger partial charge in [-0.2, -0.15) is 0 Å². The van der Waals surface area contributed by atoms with Gasteiger partial charge in [0.25, 0.3) is 0 Å². The molecular formula is C19H15NaO2. The van der Waals surface area contributed by atoms with Gasteiger partial charge in [-0.15, -0.1) is 0 Å². The Balaban J connectivity index is 0.00000132. The Bertz CT molecular complexity index is 826. The first-order valence-electron chi connectivity index (χ1n) is 6.73. The Morgan fingerprint density at radius 1 is 0.818 bits per heavy atom. The zero-order valence-electron chi connectivity index (χ0n) is 13.4. The van der Waals surface area contributed by atoms with Crippen molar-refractivity contribution >= 4 is 28.9 Å². The van der Waals surface area contributed by atoms with Crippen molar-refractivity contribution in [3.8, 4) is 0 Å². The summed E-state index contributed by atoms with van der Waals surface area (Å²) in [6.07, 6.45) is 4.01. The summed E-state index contributed by atoms with van der Waals surface area (Å²) in [7, 11) is 0. The van der Waals surface area contributed by atoms with Gasteiger partial charge in [-0.05, 0) is 40.1 Å². The molecule has 0 saturated carbocycles. The Morgan fingerprint density at radius 2 is 1.41 bits per heavy atom. The van der Waals surface area contributed by atoms with E-state index in [0.717, 1.165) is 11.1 Å². The van der Waals surface area contributed by atoms with Crippen molar-refractivity contribution in [2.45, 2.75) is 0 Å². The second-order valence-corrected chi connectivity index (χ2v) is 4.87. The van der Waals surface area contributed by atoms with Crippen molar-refractivity contribution in [1.82, 2.24) is 0 Å². The van der Waals surface area contributed by atoms with Gasteiger partial charge in [0.15, 0.2) is 0 Å². The Hall–Kier alpha value is -1.87. The maximum Gasteiger partial charge on any atom is 1.00 e. The summed E-state index contributed by atoms with van der Waals surface area (Å²) in [6, 6.07) is 21.4. The summed E-state index contributed by atoms with van der Waals surface area (Å²) in [5, 5.41) is 11.3. The third kappa shape index (κ3) is 3.86. The molecule has 3 heteroatoms. The SMILES string of the molecule is O=C(O)c1ccc(/C=C/c2ccc3ccccc3c2)cc1.[H-].[Na+]. The number of aromatic carboxylic acids is 1. The first-order valence-corrected chi connectivity index (χ1v) is 6.73. The average Bonchev–Trinajstić information content (AvgIpc) is 2.53. The van der Waals surface area contributed by atoms with Gasteiger partial charge in [0, 0.05) is 0 Å². The van der Waals surface area contributed by atoms with Crippen molar-refractivity contribution < 1.29 is 40.9 Å². The van der Waals surface area contributed by atoms with Gasteiger partial charge in [-0.1, -0.05) is 60.7 Å². The second-order valence-electron chi connectivity index (χ2n) is 4.87. The molecule has 0 radical (unpaired) electrons. The van der Waals surface area contributed by atoms with Crippen LogP contribution in [-0.4, -0.2) is 11.1 Å². The van der Waals surface area contributed by atoms with Gasteiger partial charge in [0.1, 0.15) is 0 Å². The summed E-state index contributed by atoms with van der Waals surface area (Å²) < 4.78 is 0. The van der Waals surface area contributed by atoms with E-state index in [1.807, 2.05) is 24.3 Å². The molecule has 0 aliphatic carbocycles. The molecule has 0 atom stereocenters.